The lowest BCUT2D eigenvalue weighted by atomic mass is 10.4. The fourth-order valence-electron chi connectivity index (χ4n) is 0.561. The van der Waals surface area contributed by atoms with Crippen molar-refractivity contribution in [3.05, 3.63) is 21.9 Å². The molecule has 1 aromatic heterocycles. The molecule has 0 saturated carbocycles. The standard InChI is InChI=1S/C6H7BrS/c1-5-2-6(3-7)8-4-5/h2,4H,3H2,1H3. The number of halogens is 1. The molecule has 1 heterocycles. The van der Waals surface area contributed by atoms with Gasteiger partial charge in [-0.05, 0) is 23.9 Å². The fourth-order valence-corrected chi connectivity index (χ4v) is 1.84. The molecule has 0 aliphatic carbocycles. The average molecular weight is 191 g/mol. The molecule has 0 radical (unpaired) electrons. The lowest BCUT2D eigenvalue weighted by molar-refractivity contribution is 1.49. The molecule has 0 N–H and O–H groups in total. The first kappa shape index (κ1) is 6.30. The van der Waals surface area contributed by atoms with E-state index in [0.29, 0.717) is 0 Å². The van der Waals surface area contributed by atoms with Crippen molar-refractivity contribution < 1.29 is 0 Å². The number of rotatable bonds is 1. The predicted octanol–water partition coefficient (Wildman–Crippen LogP) is 2.95. The lowest BCUT2D eigenvalue weighted by Gasteiger charge is -1.78. The molecule has 1 aromatic rings. The van der Waals surface area contributed by atoms with Gasteiger partial charge in [0.1, 0.15) is 0 Å². The number of hydrogen-bond donors (Lipinski definition) is 0. The van der Waals surface area contributed by atoms with Crippen LogP contribution in [0.15, 0.2) is 11.4 Å². The normalized spacial score (nSPS) is 9.75. The summed E-state index contributed by atoms with van der Waals surface area (Å²) >= 11 is 5.18. The topological polar surface area (TPSA) is 0 Å². The summed E-state index contributed by atoms with van der Waals surface area (Å²) in [5.74, 6) is 0. The van der Waals surface area contributed by atoms with Crippen molar-refractivity contribution in [1.82, 2.24) is 0 Å². The van der Waals surface area contributed by atoms with E-state index in [9.17, 15) is 0 Å². The average Bonchev–Trinajstić information content (AvgIpc) is 2.14. The van der Waals surface area contributed by atoms with Crippen LogP contribution < -0.4 is 0 Å². The third-order valence-electron chi connectivity index (χ3n) is 0.917. The van der Waals surface area contributed by atoms with E-state index in [2.05, 4.69) is 34.3 Å². The molecule has 0 unspecified atom stereocenters. The van der Waals surface area contributed by atoms with Gasteiger partial charge in [0.2, 0.25) is 0 Å². The molecule has 0 bridgehead atoms. The zero-order valence-electron chi connectivity index (χ0n) is 4.65. The zero-order chi connectivity index (χ0) is 5.98. The predicted molar refractivity (Wildman–Crippen MR) is 41.7 cm³/mol. The quantitative estimate of drug-likeness (QED) is 0.598. The van der Waals surface area contributed by atoms with Gasteiger partial charge in [-0.15, -0.1) is 11.3 Å². The molecule has 44 valence electrons. The summed E-state index contributed by atoms with van der Waals surface area (Å²) in [4.78, 5) is 1.41. The Morgan fingerprint density at radius 3 is 2.75 bits per heavy atom. The smallest absolute Gasteiger partial charge is 0.0377 e. The molecule has 0 fully saturated rings. The van der Waals surface area contributed by atoms with Gasteiger partial charge in [-0.3, -0.25) is 0 Å². The van der Waals surface area contributed by atoms with E-state index in [1.807, 2.05) is 0 Å². The second-order valence-corrected chi connectivity index (χ2v) is 3.28. The number of thiophene rings is 1. The molecule has 0 nitrogen and oxygen atoms in total. The van der Waals surface area contributed by atoms with E-state index in [1.54, 1.807) is 11.3 Å². The van der Waals surface area contributed by atoms with E-state index in [0.717, 1.165) is 5.33 Å². The van der Waals surface area contributed by atoms with Gasteiger partial charge in [0.05, 0.1) is 0 Å². The van der Waals surface area contributed by atoms with Gasteiger partial charge >= 0.3 is 0 Å². The Labute approximate surface area is 61.7 Å². The highest BCUT2D eigenvalue weighted by Gasteiger charge is 1.90. The monoisotopic (exact) mass is 190 g/mol. The van der Waals surface area contributed by atoms with Crippen LogP contribution in [0.1, 0.15) is 10.4 Å². The molecule has 1 rings (SSSR count). The molecule has 0 aromatic carbocycles. The highest BCUT2D eigenvalue weighted by molar-refractivity contribution is 9.08. The molecule has 0 atom stereocenters. The van der Waals surface area contributed by atoms with Gasteiger partial charge in [0, 0.05) is 10.2 Å². The van der Waals surface area contributed by atoms with Crippen LogP contribution in [-0.2, 0) is 5.33 Å². The minimum Gasteiger partial charge on any atom is -0.148 e. The summed E-state index contributed by atoms with van der Waals surface area (Å²) < 4.78 is 0. The summed E-state index contributed by atoms with van der Waals surface area (Å²) in [6, 6.07) is 2.19. The molecular formula is C6H7BrS. The highest BCUT2D eigenvalue weighted by atomic mass is 79.9. The van der Waals surface area contributed by atoms with Crippen LogP contribution in [0.3, 0.4) is 0 Å². The highest BCUT2D eigenvalue weighted by Crippen LogP contribution is 2.15. The van der Waals surface area contributed by atoms with Crippen molar-refractivity contribution in [3.8, 4) is 0 Å². The van der Waals surface area contributed by atoms with E-state index in [4.69, 9.17) is 0 Å². The van der Waals surface area contributed by atoms with E-state index in [-0.39, 0.29) is 0 Å². The largest absolute Gasteiger partial charge is 0.148 e. The maximum Gasteiger partial charge on any atom is 0.0377 e. The maximum absolute atomic E-state index is 3.38. The van der Waals surface area contributed by atoms with Gasteiger partial charge in [-0.25, -0.2) is 0 Å². The molecule has 0 saturated heterocycles. The second kappa shape index (κ2) is 2.65. The minimum absolute atomic E-state index is 0.992. The molecule has 0 spiro atoms. The minimum atomic E-state index is 0.992. The van der Waals surface area contributed by atoms with Crippen molar-refractivity contribution in [2.45, 2.75) is 12.3 Å². The van der Waals surface area contributed by atoms with Gasteiger partial charge in [-0.2, -0.15) is 0 Å². The van der Waals surface area contributed by atoms with Crippen LogP contribution in [-0.4, -0.2) is 0 Å². The zero-order valence-corrected chi connectivity index (χ0v) is 7.05. The Bertz CT molecular complexity index is 169. The Morgan fingerprint density at radius 2 is 2.50 bits per heavy atom. The van der Waals surface area contributed by atoms with Crippen LogP contribution in [0.25, 0.3) is 0 Å². The fraction of sp³-hybridized carbons (Fsp3) is 0.333. The maximum atomic E-state index is 3.38. The Balaban J connectivity index is 2.84. The molecule has 0 amide bonds. The summed E-state index contributed by atoms with van der Waals surface area (Å²) in [5, 5.41) is 3.15. The Hall–Kier alpha value is 0.180. The second-order valence-electron chi connectivity index (χ2n) is 1.72. The molecule has 2 heteroatoms. The van der Waals surface area contributed by atoms with E-state index in [1.165, 1.54) is 10.4 Å². The van der Waals surface area contributed by atoms with Crippen LogP contribution in [0.5, 0.6) is 0 Å². The van der Waals surface area contributed by atoms with Gasteiger partial charge < -0.3 is 0 Å². The van der Waals surface area contributed by atoms with Crippen LogP contribution in [0.4, 0.5) is 0 Å². The van der Waals surface area contributed by atoms with Crippen LogP contribution >= 0.6 is 27.3 Å². The number of hydrogen-bond acceptors (Lipinski definition) is 1. The summed E-state index contributed by atoms with van der Waals surface area (Å²) in [5.41, 5.74) is 1.37. The third-order valence-corrected chi connectivity index (χ3v) is 2.95. The molecule has 0 aliphatic rings. The van der Waals surface area contributed by atoms with Crippen molar-refractivity contribution >= 4 is 27.3 Å². The first-order valence-electron chi connectivity index (χ1n) is 2.43. The Kier molecular flexibility index (Phi) is 2.08. The third kappa shape index (κ3) is 1.33. The SMILES string of the molecule is Cc1csc(CBr)c1. The van der Waals surface area contributed by atoms with Gasteiger partial charge in [0.15, 0.2) is 0 Å². The summed E-state index contributed by atoms with van der Waals surface area (Å²) in [6.45, 7) is 2.11. The molecule has 8 heavy (non-hydrogen) atoms. The van der Waals surface area contributed by atoms with Crippen LogP contribution in [0, 0.1) is 6.92 Å². The van der Waals surface area contributed by atoms with Crippen LogP contribution in [0.2, 0.25) is 0 Å². The molecule has 0 aliphatic heterocycles. The van der Waals surface area contributed by atoms with Gasteiger partial charge in [-0.1, -0.05) is 15.9 Å². The van der Waals surface area contributed by atoms with E-state index < -0.39 is 0 Å². The first-order chi connectivity index (χ1) is 3.83. The van der Waals surface area contributed by atoms with Crippen molar-refractivity contribution in [2.75, 3.05) is 0 Å². The summed E-state index contributed by atoms with van der Waals surface area (Å²) in [7, 11) is 0. The first-order valence-corrected chi connectivity index (χ1v) is 4.43. The van der Waals surface area contributed by atoms with Gasteiger partial charge in [0.25, 0.3) is 0 Å². The lowest BCUT2D eigenvalue weighted by Crippen LogP contribution is -1.61. The van der Waals surface area contributed by atoms with Crippen molar-refractivity contribution in [3.63, 3.8) is 0 Å². The summed E-state index contributed by atoms with van der Waals surface area (Å²) in [6.07, 6.45) is 0. The van der Waals surface area contributed by atoms with Crippen molar-refractivity contribution in [2.24, 2.45) is 0 Å². The Morgan fingerprint density at radius 1 is 1.75 bits per heavy atom. The molecular weight excluding hydrogens is 184 g/mol. The van der Waals surface area contributed by atoms with E-state index >= 15 is 0 Å². The number of alkyl halides is 1. The number of aryl methyl sites for hydroxylation is 1. The van der Waals surface area contributed by atoms with Crippen molar-refractivity contribution in [1.29, 1.82) is 0 Å².